The Labute approximate surface area is 119 Å². The number of benzene rings is 2. The van der Waals surface area contributed by atoms with Gasteiger partial charge in [-0.2, -0.15) is 0 Å². The molecule has 0 atom stereocenters. The van der Waals surface area contributed by atoms with Gasteiger partial charge in [-0.05, 0) is 46.3 Å². The predicted octanol–water partition coefficient (Wildman–Crippen LogP) is 4.97. The maximum Gasteiger partial charge on any atom is 0.166 e. The maximum atomic E-state index is 13.1. The van der Waals surface area contributed by atoms with Crippen molar-refractivity contribution in [3.63, 3.8) is 0 Å². The van der Waals surface area contributed by atoms with E-state index < -0.39 is 0 Å². The minimum absolute atomic E-state index is 0.0109. The van der Waals surface area contributed by atoms with E-state index in [2.05, 4.69) is 15.9 Å². The van der Waals surface area contributed by atoms with Gasteiger partial charge in [0.05, 0.1) is 10.0 Å². The van der Waals surface area contributed by atoms with Crippen LogP contribution in [0.1, 0.15) is 23.7 Å². The molecule has 0 N–H and O–H groups in total. The van der Waals surface area contributed by atoms with Crippen LogP contribution in [0.2, 0.25) is 0 Å². The zero-order chi connectivity index (χ0) is 13.8. The van der Waals surface area contributed by atoms with Crippen LogP contribution in [0.3, 0.4) is 0 Å². The van der Waals surface area contributed by atoms with E-state index in [-0.39, 0.29) is 11.6 Å². The fourth-order valence-electron chi connectivity index (χ4n) is 1.64. The van der Waals surface area contributed by atoms with E-state index in [9.17, 15) is 9.18 Å². The Bertz CT molecular complexity index is 611. The number of rotatable bonds is 4. The monoisotopic (exact) mass is 322 g/mol. The summed E-state index contributed by atoms with van der Waals surface area (Å²) in [5.41, 5.74) is 0.533. The summed E-state index contributed by atoms with van der Waals surface area (Å²) in [6.45, 7) is 1.80. The van der Waals surface area contributed by atoms with E-state index >= 15 is 0 Å². The van der Waals surface area contributed by atoms with Crippen LogP contribution in [-0.2, 0) is 0 Å². The van der Waals surface area contributed by atoms with E-state index in [1.165, 1.54) is 18.2 Å². The first-order valence-corrected chi connectivity index (χ1v) is 6.66. The highest BCUT2D eigenvalue weighted by atomic mass is 79.9. The maximum absolute atomic E-state index is 13.1. The number of ketones is 1. The van der Waals surface area contributed by atoms with E-state index in [1.807, 2.05) is 0 Å². The van der Waals surface area contributed by atoms with Crippen molar-refractivity contribution < 1.29 is 13.9 Å². The fraction of sp³-hybridized carbons (Fsp3) is 0.133. The van der Waals surface area contributed by atoms with Gasteiger partial charge in [0.25, 0.3) is 0 Å². The Morgan fingerprint density at radius 3 is 2.68 bits per heavy atom. The molecule has 0 aliphatic rings. The largest absolute Gasteiger partial charge is 0.457 e. The zero-order valence-corrected chi connectivity index (χ0v) is 11.9. The third-order valence-corrected chi connectivity index (χ3v) is 3.24. The van der Waals surface area contributed by atoms with Gasteiger partial charge in [0.1, 0.15) is 17.3 Å². The van der Waals surface area contributed by atoms with Gasteiger partial charge in [-0.1, -0.05) is 19.1 Å². The first kappa shape index (κ1) is 13.7. The lowest BCUT2D eigenvalue weighted by atomic mass is 10.1. The molecular weight excluding hydrogens is 311 g/mol. The summed E-state index contributed by atoms with van der Waals surface area (Å²) >= 11 is 3.10. The standard InChI is InChI=1S/C15H12BrFO2/c1-2-14(18)11-5-3-4-6-15(11)19-10-7-8-13(17)12(16)9-10/h3-9H,2H2,1H3. The Morgan fingerprint density at radius 1 is 1.26 bits per heavy atom. The molecule has 0 spiro atoms. The van der Waals surface area contributed by atoms with Gasteiger partial charge < -0.3 is 4.74 Å². The number of Topliss-reactive ketones (excluding diaryl/α,β-unsaturated/α-hetero) is 1. The molecule has 0 heterocycles. The Morgan fingerprint density at radius 2 is 2.00 bits per heavy atom. The number of hydrogen-bond donors (Lipinski definition) is 0. The SMILES string of the molecule is CCC(=O)c1ccccc1Oc1ccc(F)c(Br)c1. The summed E-state index contributed by atoms with van der Waals surface area (Å²) in [5.74, 6) is 0.611. The van der Waals surface area contributed by atoms with Crippen molar-refractivity contribution in [3.8, 4) is 11.5 Å². The summed E-state index contributed by atoms with van der Waals surface area (Å²) in [7, 11) is 0. The van der Waals surface area contributed by atoms with Crippen LogP contribution in [-0.4, -0.2) is 5.78 Å². The summed E-state index contributed by atoms with van der Waals surface area (Å²) < 4.78 is 19.1. The molecule has 2 aromatic carbocycles. The highest BCUT2D eigenvalue weighted by molar-refractivity contribution is 9.10. The molecule has 0 aliphatic carbocycles. The van der Waals surface area contributed by atoms with E-state index in [0.29, 0.717) is 28.0 Å². The Balaban J connectivity index is 2.32. The molecule has 2 rings (SSSR count). The van der Waals surface area contributed by atoms with Gasteiger partial charge in [0, 0.05) is 6.42 Å². The molecule has 0 amide bonds. The van der Waals surface area contributed by atoms with Crippen LogP contribution in [0.25, 0.3) is 0 Å². The number of ether oxygens (including phenoxy) is 1. The van der Waals surface area contributed by atoms with E-state index in [0.717, 1.165) is 0 Å². The van der Waals surface area contributed by atoms with Gasteiger partial charge in [0.15, 0.2) is 5.78 Å². The molecule has 0 saturated heterocycles. The summed E-state index contributed by atoms with van der Waals surface area (Å²) in [6.07, 6.45) is 0.410. The van der Waals surface area contributed by atoms with Crippen molar-refractivity contribution in [2.45, 2.75) is 13.3 Å². The molecule has 98 valence electrons. The molecule has 0 radical (unpaired) electrons. The number of halogens is 2. The summed E-state index contributed by atoms with van der Waals surface area (Å²) in [4.78, 5) is 11.8. The lowest BCUT2D eigenvalue weighted by Crippen LogP contribution is -1.99. The van der Waals surface area contributed by atoms with Crippen LogP contribution >= 0.6 is 15.9 Å². The van der Waals surface area contributed by atoms with Gasteiger partial charge in [-0.25, -0.2) is 4.39 Å². The minimum atomic E-state index is -0.356. The average molecular weight is 323 g/mol. The van der Waals surface area contributed by atoms with Crippen molar-refractivity contribution >= 4 is 21.7 Å². The smallest absolute Gasteiger partial charge is 0.166 e. The third-order valence-electron chi connectivity index (χ3n) is 2.63. The normalized spacial score (nSPS) is 10.3. The van der Waals surface area contributed by atoms with Gasteiger partial charge in [-0.15, -0.1) is 0 Å². The van der Waals surface area contributed by atoms with Crippen molar-refractivity contribution in [1.82, 2.24) is 0 Å². The molecule has 4 heteroatoms. The second-order valence-electron chi connectivity index (χ2n) is 3.95. The molecule has 2 nitrogen and oxygen atoms in total. The topological polar surface area (TPSA) is 26.3 Å². The van der Waals surface area contributed by atoms with Crippen molar-refractivity contribution in [2.24, 2.45) is 0 Å². The first-order valence-electron chi connectivity index (χ1n) is 5.87. The molecular formula is C15H12BrFO2. The van der Waals surface area contributed by atoms with Gasteiger partial charge in [0.2, 0.25) is 0 Å². The summed E-state index contributed by atoms with van der Waals surface area (Å²) in [5, 5.41) is 0. The van der Waals surface area contributed by atoms with E-state index in [1.54, 1.807) is 31.2 Å². The highest BCUT2D eigenvalue weighted by Gasteiger charge is 2.11. The van der Waals surface area contributed by atoms with Crippen LogP contribution < -0.4 is 4.74 Å². The summed E-state index contributed by atoms with van der Waals surface area (Å²) in [6, 6.07) is 11.4. The lowest BCUT2D eigenvalue weighted by molar-refractivity contribution is 0.0986. The molecule has 0 fully saturated rings. The van der Waals surface area contributed by atoms with Crippen LogP contribution in [0.5, 0.6) is 11.5 Å². The number of hydrogen-bond acceptors (Lipinski definition) is 2. The molecule has 0 aliphatic heterocycles. The zero-order valence-electron chi connectivity index (χ0n) is 10.3. The van der Waals surface area contributed by atoms with Crippen LogP contribution in [0.15, 0.2) is 46.9 Å². The van der Waals surface area contributed by atoms with Gasteiger partial charge in [-0.3, -0.25) is 4.79 Å². The van der Waals surface area contributed by atoms with Crippen molar-refractivity contribution in [2.75, 3.05) is 0 Å². The Hall–Kier alpha value is -1.68. The average Bonchev–Trinajstić information content (AvgIpc) is 2.43. The second kappa shape index (κ2) is 5.97. The Kier molecular flexibility index (Phi) is 4.32. The lowest BCUT2D eigenvalue weighted by Gasteiger charge is -2.10. The first-order chi connectivity index (χ1) is 9.11. The molecule has 0 bridgehead atoms. The number of para-hydroxylation sites is 1. The molecule has 0 saturated carbocycles. The number of carbonyl (C=O) groups excluding carboxylic acids is 1. The quantitative estimate of drug-likeness (QED) is 0.742. The third kappa shape index (κ3) is 3.20. The number of carbonyl (C=O) groups is 1. The van der Waals surface area contributed by atoms with Crippen LogP contribution in [0, 0.1) is 5.82 Å². The molecule has 0 aromatic heterocycles. The molecule has 2 aromatic rings. The second-order valence-corrected chi connectivity index (χ2v) is 4.81. The van der Waals surface area contributed by atoms with Crippen molar-refractivity contribution in [3.05, 3.63) is 58.3 Å². The fourth-order valence-corrected chi connectivity index (χ4v) is 2.00. The van der Waals surface area contributed by atoms with E-state index in [4.69, 9.17) is 4.74 Å². The predicted molar refractivity (Wildman–Crippen MR) is 75.2 cm³/mol. The molecule has 19 heavy (non-hydrogen) atoms. The highest BCUT2D eigenvalue weighted by Crippen LogP contribution is 2.29. The van der Waals surface area contributed by atoms with Crippen LogP contribution in [0.4, 0.5) is 4.39 Å². The van der Waals surface area contributed by atoms with Crippen molar-refractivity contribution in [1.29, 1.82) is 0 Å². The van der Waals surface area contributed by atoms with Gasteiger partial charge >= 0.3 is 0 Å². The minimum Gasteiger partial charge on any atom is -0.457 e. The molecule has 0 unspecified atom stereocenters.